The third-order valence-corrected chi connectivity index (χ3v) is 5.93. The summed E-state index contributed by atoms with van der Waals surface area (Å²) < 4.78 is 5.54. The van der Waals surface area contributed by atoms with E-state index < -0.39 is 0 Å². The first-order chi connectivity index (χ1) is 12.4. The minimum Gasteiger partial charge on any atom is -0.460 e. The van der Waals surface area contributed by atoms with E-state index in [4.69, 9.17) is 4.74 Å². The smallest absolute Gasteiger partial charge is 0.302 e. The van der Waals surface area contributed by atoms with E-state index in [2.05, 4.69) is 36.5 Å². The van der Waals surface area contributed by atoms with Crippen LogP contribution in [0.1, 0.15) is 66.2 Å². The molecule has 6 atom stereocenters. The molecule has 1 amide bonds. The van der Waals surface area contributed by atoms with Crippen molar-refractivity contribution in [2.45, 2.75) is 78.4 Å². The predicted octanol–water partition coefficient (Wildman–Crippen LogP) is 4.41. The fourth-order valence-corrected chi connectivity index (χ4v) is 4.79. The van der Waals surface area contributed by atoms with Crippen LogP contribution in [0.25, 0.3) is 0 Å². The van der Waals surface area contributed by atoms with Crippen molar-refractivity contribution in [3.8, 4) is 0 Å². The topological polar surface area (TPSA) is 55.4 Å². The van der Waals surface area contributed by atoms with Crippen LogP contribution in [0.5, 0.6) is 0 Å². The van der Waals surface area contributed by atoms with Gasteiger partial charge in [0.15, 0.2) is 0 Å². The van der Waals surface area contributed by atoms with Gasteiger partial charge in [-0.2, -0.15) is 0 Å². The number of esters is 1. The monoisotopic (exact) mass is 361 g/mol. The highest BCUT2D eigenvalue weighted by Crippen LogP contribution is 2.47. The van der Waals surface area contributed by atoms with Crippen LogP contribution in [0.3, 0.4) is 0 Å². The van der Waals surface area contributed by atoms with Crippen molar-refractivity contribution in [2.24, 2.45) is 23.7 Å². The van der Waals surface area contributed by atoms with Crippen LogP contribution in [0.4, 0.5) is 0 Å². The quantitative estimate of drug-likeness (QED) is 0.515. The maximum Gasteiger partial charge on any atom is 0.302 e. The summed E-state index contributed by atoms with van der Waals surface area (Å²) in [5.41, 5.74) is 0. The number of nitrogens with one attached hydrogen (secondary N) is 1. The normalized spacial score (nSPS) is 30.0. The first-order valence-corrected chi connectivity index (χ1v) is 10.2. The van der Waals surface area contributed by atoms with Crippen LogP contribution >= 0.6 is 0 Å². The van der Waals surface area contributed by atoms with Gasteiger partial charge in [-0.25, -0.2) is 0 Å². The Morgan fingerprint density at radius 2 is 2.04 bits per heavy atom. The lowest BCUT2D eigenvalue weighted by atomic mass is 9.69. The lowest BCUT2D eigenvalue weighted by Gasteiger charge is -2.36. The van der Waals surface area contributed by atoms with Crippen molar-refractivity contribution in [1.82, 2.24) is 5.32 Å². The Morgan fingerprint density at radius 3 is 2.69 bits per heavy atom. The number of hydrogen-bond donors (Lipinski definition) is 1. The number of hydrogen-bond acceptors (Lipinski definition) is 3. The number of amides is 1. The first-order valence-electron chi connectivity index (χ1n) is 10.2. The molecule has 0 aliphatic heterocycles. The summed E-state index contributed by atoms with van der Waals surface area (Å²) in [5.74, 6) is 2.15. The minimum atomic E-state index is -0.281. The molecule has 0 aromatic carbocycles. The molecular formula is C22H35NO3. The van der Waals surface area contributed by atoms with Gasteiger partial charge in [0.1, 0.15) is 6.10 Å². The van der Waals surface area contributed by atoms with E-state index in [0.717, 1.165) is 25.2 Å². The van der Waals surface area contributed by atoms with Crippen LogP contribution in [0.2, 0.25) is 0 Å². The van der Waals surface area contributed by atoms with Crippen molar-refractivity contribution in [2.75, 3.05) is 0 Å². The highest BCUT2D eigenvalue weighted by atomic mass is 16.5. The van der Waals surface area contributed by atoms with Gasteiger partial charge in [-0.05, 0) is 62.7 Å². The van der Waals surface area contributed by atoms with Gasteiger partial charge in [0.05, 0.1) is 6.04 Å². The molecule has 0 heterocycles. The Kier molecular flexibility index (Phi) is 7.92. The lowest BCUT2D eigenvalue weighted by Crippen LogP contribution is -2.42. The van der Waals surface area contributed by atoms with Crippen molar-refractivity contribution in [3.63, 3.8) is 0 Å². The highest BCUT2D eigenvalue weighted by molar-refractivity contribution is 5.73. The number of allylic oxidation sites excluding steroid dienone is 4. The Labute approximate surface area is 158 Å². The number of rotatable bonds is 8. The molecule has 2 aliphatic carbocycles. The Balaban J connectivity index is 2.07. The zero-order valence-corrected chi connectivity index (χ0v) is 16.7. The molecular weight excluding hydrogens is 326 g/mol. The Hall–Kier alpha value is -1.58. The molecule has 4 nitrogen and oxygen atoms in total. The second-order valence-corrected chi connectivity index (χ2v) is 7.94. The number of carbonyl (C=O) groups excluding carboxylic acids is 2. The van der Waals surface area contributed by atoms with E-state index in [1.807, 2.05) is 6.92 Å². The molecule has 0 unspecified atom stereocenters. The van der Waals surface area contributed by atoms with Crippen LogP contribution in [-0.2, 0) is 14.3 Å². The maximum absolute atomic E-state index is 11.5. The third-order valence-electron chi connectivity index (χ3n) is 5.93. The fourth-order valence-electron chi connectivity index (χ4n) is 4.79. The molecule has 1 saturated carbocycles. The van der Waals surface area contributed by atoms with Gasteiger partial charge in [-0.3, -0.25) is 9.59 Å². The van der Waals surface area contributed by atoms with Gasteiger partial charge < -0.3 is 10.1 Å². The van der Waals surface area contributed by atoms with Crippen LogP contribution in [-0.4, -0.2) is 24.0 Å². The summed E-state index contributed by atoms with van der Waals surface area (Å²) in [5, 5.41) is 2.88. The first kappa shape index (κ1) is 20.7. The standard InChI is InChI=1S/C22H35NO3/c1-5-6-8-18-11-12-19-9-7-10-20(19)21(18)13-14-22(26-17(4)25)15(2)23-16(3)24/h6,8,11-12,15,18-22H,5,7,9-10,13-14H2,1-4H3,(H,23,24)/b8-6+/t15-,18+,19-,20+,21+,22-/m0/s1. The summed E-state index contributed by atoms with van der Waals surface area (Å²) in [4.78, 5) is 22.9. The average Bonchev–Trinajstić information content (AvgIpc) is 3.04. The predicted molar refractivity (Wildman–Crippen MR) is 104 cm³/mol. The van der Waals surface area contributed by atoms with Crippen LogP contribution < -0.4 is 5.32 Å². The van der Waals surface area contributed by atoms with Gasteiger partial charge in [0.2, 0.25) is 5.91 Å². The number of carbonyl (C=O) groups is 2. The molecule has 2 rings (SSSR count). The van der Waals surface area contributed by atoms with E-state index in [0.29, 0.717) is 17.8 Å². The molecule has 1 N–H and O–H groups in total. The summed E-state index contributed by atoms with van der Waals surface area (Å²) in [6, 6.07) is -0.167. The molecule has 1 fully saturated rings. The van der Waals surface area contributed by atoms with Crippen molar-refractivity contribution >= 4 is 11.9 Å². The van der Waals surface area contributed by atoms with Crippen LogP contribution in [0.15, 0.2) is 24.3 Å². The van der Waals surface area contributed by atoms with E-state index >= 15 is 0 Å². The summed E-state index contributed by atoms with van der Waals surface area (Å²) in [6.45, 7) is 7.03. The zero-order chi connectivity index (χ0) is 19.1. The van der Waals surface area contributed by atoms with E-state index in [1.165, 1.54) is 33.1 Å². The molecule has 0 aromatic heterocycles. The molecule has 4 heteroatoms. The van der Waals surface area contributed by atoms with Gasteiger partial charge >= 0.3 is 5.97 Å². The van der Waals surface area contributed by atoms with Gasteiger partial charge in [0, 0.05) is 13.8 Å². The fraction of sp³-hybridized carbons (Fsp3) is 0.727. The average molecular weight is 362 g/mol. The summed E-state index contributed by atoms with van der Waals surface area (Å²) in [6.07, 6.45) is 16.0. The lowest BCUT2D eigenvalue weighted by molar-refractivity contribution is -0.149. The number of ether oxygens (including phenoxy) is 1. The molecule has 0 aromatic rings. The molecule has 146 valence electrons. The third kappa shape index (κ3) is 5.72. The zero-order valence-electron chi connectivity index (χ0n) is 16.7. The number of fused-ring (bicyclic) bond motifs is 1. The largest absolute Gasteiger partial charge is 0.460 e. The molecule has 2 aliphatic rings. The summed E-state index contributed by atoms with van der Waals surface area (Å²) in [7, 11) is 0. The molecule has 26 heavy (non-hydrogen) atoms. The van der Waals surface area contributed by atoms with E-state index in [-0.39, 0.29) is 24.0 Å². The maximum atomic E-state index is 11.5. The molecule has 0 saturated heterocycles. The molecule has 0 bridgehead atoms. The summed E-state index contributed by atoms with van der Waals surface area (Å²) >= 11 is 0. The van der Waals surface area contributed by atoms with E-state index in [1.54, 1.807) is 0 Å². The second-order valence-electron chi connectivity index (χ2n) is 7.94. The van der Waals surface area contributed by atoms with Crippen molar-refractivity contribution < 1.29 is 14.3 Å². The van der Waals surface area contributed by atoms with Gasteiger partial charge in [-0.15, -0.1) is 0 Å². The second kappa shape index (κ2) is 9.94. The van der Waals surface area contributed by atoms with Gasteiger partial charge in [0.25, 0.3) is 0 Å². The van der Waals surface area contributed by atoms with Crippen molar-refractivity contribution in [1.29, 1.82) is 0 Å². The van der Waals surface area contributed by atoms with Crippen molar-refractivity contribution in [3.05, 3.63) is 24.3 Å². The molecule has 0 radical (unpaired) electrons. The SMILES string of the molecule is CC/C=C/[C@@H]1C=C[C@@H]2CCC[C@H]2[C@@H]1CC[C@H](OC(C)=O)[C@H](C)NC(C)=O. The minimum absolute atomic E-state index is 0.0881. The highest BCUT2D eigenvalue weighted by Gasteiger charge is 2.38. The van der Waals surface area contributed by atoms with Gasteiger partial charge in [-0.1, -0.05) is 37.6 Å². The Bertz CT molecular complexity index is 540. The Morgan fingerprint density at radius 1 is 1.27 bits per heavy atom. The van der Waals surface area contributed by atoms with E-state index in [9.17, 15) is 9.59 Å². The van der Waals surface area contributed by atoms with Crippen LogP contribution in [0, 0.1) is 23.7 Å². The molecule has 0 spiro atoms.